The van der Waals surface area contributed by atoms with Crippen LogP contribution in [0.3, 0.4) is 0 Å². The standard InChI is InChI=1S/C23H31N3O2/c1-18-17-20-5-2-3-6-22(20)26(18)21-9-7-19(8-10-21)23(27)24-11-4-12-25-13-15-28-16-14-25/h7-10,17H,2-6,11-16H2,1H3,(H,24,27). The number of nitrogens with one attached hydrogen (secondary N) is 1. The summed E-state index contributed by atoms with van der Waals surface area (Å²) in [6.07, 6.45) is 5.86. The first-order valence-corrected chi connectivity index (χ1v) is 10.6. The molecule has 0 radical (unpaired) electrons. The number of carbonyl (C=O) groups is 1. The van der Waals surface area contributed by atoms with E-state index in [2.05, 4.69) is 39.9 Å². The zero-order valence-electron chi connectivity index (χ0n) is 16.9. The Hall–Kier alpha value is -2.11. The number of carbonyl (C=O) groups excluding carboxylic acids is 1. The molecule has 150 valence electrons. The Morgan fingerprint density at radius 2 is 1.86 bits per heavy atom. The molecule has 0 spiro atoms. The molecular weight excluding hydrogens is 350 g/mol. The van der Waals surface area contributed by atoms with Gasteiger partial charge in [-0.15, -0.1) is 0 Å². The lowest BCUT2D eigenvalue weighted by molar-refractivity contribution is 0.0374. The van der Waals surface area contributed by atoms with Crippen LogP contribution in [-0.2, 0) is 17.6 Å². The topological polar surface area (TPSA) is 46.5 Å². The van der Waals surface area contributed by atoms with E-state index in [4.69, 9.17) is 4.74 Å². The number of fused-ring (bicyclic) bond motifs is 1. The molecule has 0 saturated carbocycles. The zero-order chi connectivity index (χ0) is 19.3. The zero-order valence-corrected chi connectivity index (χ0v) is 16.9. The number of nitrogens with zero attached hydrogens (tertiary/aromatic N) is 2. The van der Waals surface area contributed by atoms with E-state index in [0.717, 1.165) is 56.9 Å². The highest BCUT2D eigenvalue weighted by Gasteiger charge is 2.17. The minimum Gasteiger partial charge on any atom is -0.379 e. The molecule has 1 aromatic heterocycles. The Kier molecular flexibility index (Phi) is 6.13. The maximum absolute atomic E-state index is 12.4. The molecule has 2 heterocycles. The van der Waals surface area contributed by atoms with Crippen molar-refractivity contribution in [2.75, 3.05) is 39.4 Å². The van der Waals surface area contributed by atoms with Crippen LogP contribution in [0.5, 0.6) is 0 Å². The summed E-state index contributed by atoms with van der Waals surface area (Å²) in [4.78, 5) is 14.8. The van der Waals surface area contributed by atoms with E-state index < -0.39 is 0 Å². The third-order valence-corrected chi connectivity index (χ3v) is 5.91. The first kappa shape index (κ1) is 19.2. The van der Waals surface area contributed by atoms with Gasteiger partial charge in [-0.1, -0.05) is 0 Å². The smallest absolute Gasteiger partial charge is 0.251 e. The number of morpholine rings is 1. The predicted octanol–water partition coefficient (Wildman–Crippen LogP) is 3.12. The molecule has 28 heavy (non-hydrogen) atoms. The maximum Gasteiger partial charge on any atom is 0.251 e. The molecule has 0 unspecified atom stereocenters. The fraction of sp³-hybridized carbons (Fsp3) is 0.522. The lowest BCUT2D eigenvalue weighted by Gasteiger charge is -2.26. The molecule has 1 aromatic carbocycles. The highest BCUT2D eigenvalue weighted by atomic mass is 16.5. The average molecular weight is 382 g/mol. The van der Waals surface area contributed by atoms with E-state index in [1.54, 1.807) is 0 Å². The van der Waals surface area contributed by atoms with Crippen LogP contribution in [0.25, 0.3) is 5.69 Å². The van der Waals surface area contributed by atoms with Crippen LogP contribution in [0.2, 0.25) is 0 Å². The molecule has 2 aliphatic rings. The quantitative estimate of drug-likeness (QED) is 0.782. The fourth-order valence-electron chi connectivity index (χ4n) is 4.41. The first-order valence-electron chi connectivity index (χ1n) is 10.6. The molecule has 1 aliphatic heterocycles. The third-order valence-electron chi connectivity index (χ3n) is 5.91. The van der Waals surface area contributed by atoms with Crippen LogP contribution in [0.1, 0.15) is 46.6 Å². The van der Waals surface area contributed by atoms with Crippen molar-refractivity contribution in [3.05, 3.63) is 52.8 Å². The summed E-state index contributed by atoms with van der Waals surface area (Å²) in [5.74, 6) is 0.0137. The van der Waals surface area contributed by atoms with Gasteiger partial charge < -0.3 is 14.6 Å². The van der Waals surface area contributed by atoms with Crippen molar-refractivity contribution in [1.82, 2.24) is 14.8 Å². The largest absolute Gasteiger partial charge is 0.379 e. The number of amides is 1. The Morgan fingerprint density at radius 3 is 2.64 bits per heavy atom. The molecule has 1 N–H and O–H groups in total. The van der Waals surface area contributed by atoms with Gasteiger partial charge in [-0.05, 0) is 81.5 Å². The Labute approximate surface area is 167 Å². The Bertz CT molecular complexity index is 804. The molecule has 0 atom stereocenters. The summed E-state index contributed by atoms with van der Waals surface area (Å²) in [5, 5.41) is 3.05. The second-order valence-electron chi connectivity index (χ2n) is 7.91. The van der Waals surface area contributed by atoms with Gasteiger partial charge in [0.15, 0.2) is 0 Å². The summed E-state index contributed by atoms with van der Waals surface area (Å²) in [7, 11) is 0. The van der Waals surface area contributed by atoms with Gasteiger partial charge in [0.05, 0.1) is 13.2 Å². The van der Waals surface area contributed by atoms with Crippen LogP contribution in [0, 0.1) is 6.92 Å². The fourth-order valence-corrected chi connectivity index (χ4v) is 4.41. The second kappa shape index (κ2) is 8.93. The molecular formula is C23H31N3O2. The Morgan fingerprint density at radius 1 is 1.11 bits per heavy atom. The van der Waals surface area contributed by atoms with Gasteiger partial charge in [0, 0.05) is 42.3 Å². The predicted molar refractivity (Wildman–Crippen MR) is 111 cm³/mol. The van der Waals surface area contributed by atoms with Crippen molar-refractivity contribution in [3.63, 3.8) is 0 Å². The minimum atomic E-state index is 0.0137. The van der Waals surface area contributed by atoms with E-state index in [9.17, 15) is 4.79 Å². The average Bonchev–Trinajstić information content (AvgIpc) is 3.07. The second-order valence-corrected chi connectivity index (χ2v) is 7.91. The van der Waals surface area contributed by atoms with Crippen molar-refractivity contribution >= 4 is 5.91 Å². The van der Waals surface area contributed by atoms with Gasteiger partial charge in [-0.2, -0.15) is 0 Å². The van der Waals surface area contributed by atoms with Crippen molar-refractivity contribution < 1.29 is 9.53 Å². The van der Waals surface area contributed by atoms with Gasteiger partial charge in [0.2, 0.25) is 0 Å². The van der Waals surface area contributed by atoms with Crippen LogP contribution in [-0.4, -0.2) is 54.8 Å². The Balaban J connectivity index is 1.33. The number of hydrogen-bond donors (Lipinski definition) is 1. The third kappa shape index (κ3) is 4.31. The lowest BCUT2D eigenvalue weighted by atomic mass is 9.98. The molecule has 4 rings (SSSR count). The van der Waals surface area contributed by atoms with Gasteiger partial charge in [0.25, 0.3) is 5.91 Å². The van der Waals surface area contributed by atoms with Crippen LogP contribution in [0.4, 0.5) is 0 Å². The molecule has 1 fully saturated rings. The van der Waals surface area contributed by atoms with Crippen LogP contribution < -0.4 is 5.32 Å². The normalized spacial score (nSPS) is 17.3. The SMILES string of the molecule is Cc1cc2c(n1-c1ccc(C(=O)NCCCN3CCOCC3)cc1)CCCC2. The van der Waals surface area contributed by atoms with Gasteiger partial charge >= 0.3 is 0 Å². The van der Waals surface area contributed by atoms with E-state index in [0.29, 0.717) is 6.54 Å². The summed E-state index contributed by atoms with van der Waals surface area (Å²) < 4.78 is 7.72. The molecule has 1 aliphatic carbocycles. The first-order chi connectivity index (χ1) is 13.7. The number of ether oxygens (including phenoxy) is 1. The molecule has 5 nitrogen and oxygen atoms in total. The van der Waals surface area contributed by atoms with E-state index in [1.165, 1.54) is 36.2 Å². The van der Waals surface area contributed by atoms with Gasteiger partial charge in [-0.3, -0.25) is 9.69 Å². The van der Waals surface area contributed by atoms with Crippen molar-refractivity contribution in [2.24, 2.45) is 0 Å². The minimum absolute atomic E-state index is 0.0137. The maximum atomic E-state index is 12.4. The summed E-state index contributed by atoms with van der Waals surface area (Å²) in [6.45, 7) is 7.54. The molecule has 1 amide bonds. The van der Waals surface area contributed by atoms with Gasteiger partial charge in [0.1, 0.15) is 0 Å². The molecule has 1 saturated heterocycles. The number of benzene rings is 1. The van der Waals surface area contributed by atoms with Crippen molar-refractivity contribution in [3.8, 4) is 5.69 Å². The molecule has 2 aromatic rings. The molecule has 5 heteroatoms. The van der Waals surface area contributed by atoms with E-state index in [-0.39, 0.29) is 5.91 Å². The highest BCUT2D eigenvalue weighted by molar-refractivity contribution is 5.94. The summed E-state index contributed by atoms with van der Waals surface area (Å²) in [5.41, 5.74) is 6.11. The van der Waals surface area contributed by atoms with Crippen LogP contribution in [0.15, 0.2) is 30.3 Å². The lowest BCUT2D eigenvalue weighted by Crippen LogP contribution is -2.38. The van der Waals surface area contributed by atoms with Gasteiger partial charge in [-0.25, -0.2) is 0 Å². The van der Waals surface area contributed by atoms with Crippen LogP contribution >= 0.6 is 0 Å². The van der Waals surface area contributed by atoms with Crippen molar-refractivity contribution in [2.45, 2.75) is 39.0 Å². The summed E-state index contributed by atoms with van der Waals surface area (Å²) >= 11 is 0. The molecule has 0 bridgehead atoms. The van der Waals surface area contributed by atoms with E-state index in [1.807, 2.05) is 12.1 Å². The number of aryl methyl sites for hydroxylation is 2. The number of rotatable bonds is 6. The number of hydrogen-bond acceptors (Lipinski definition) is 3. The highest BCUT2D eigenvalue weighted by Crippen LogP contribution is 2.28. The van der Waals surface area contributed by atoms with E-state index >= 15 is 0 Å². The number of aromatic nitrogens is 1. The monoisotopic (exact) mass is 381 g/mol. The summed E-state index contributed by atoms with van der Waals surface area (Å²) in [6, 6.07) is 10.4. The van der Waals surface area contributed by atoms with Crippen molar-refractivity contribution in [1.29, 1.82) is 0 Å².